The molecule has 0 saturated heterocycles. The van der Waals surface area contributed by atoms with E-state index in [1.165, 1.54) is 33.1 Å². The van der Waals surface area contributed by atoms with Crippen LogP contribution in [0, 0.1) is 0 Å². The quantitative estimate of drug-likeness (QED) is 0.416. The predicted molar refractivity (Wildman–Crippen MR) is 109 cm³/mol. The van der Waals surface area contributed by atoms with Crippen LogP contribution in [0.5, 0.6) is 11.5 Å². The van der Waals surface area contributed by atoms with Crippen LogP contribution in [0.3, 0.4) is 0 Å². The topological polar surface area (TPSA) is 73.9 Å². The number of ether oxygens (including phenoxy) is 3. The molecule has 6 nitrogen and oxygen atoms in total. The van der Waals surface area contributed by atoms with Gasteiger partial charge >= 0.3 is 5.97 Å². The summed E-state index contributed by atoms with van der Waals surface area (Å²) in [5.41, 5.74) is 0.648. The predicted octanol–water partition coefficient (Wildman–Crippen LogP) is 4.14. The Labute approximate surface area is 171 Å². The number of hydrogen-bond donors (Lipinski definition) is 1. The molecule has 0 bridgehead atoms. The monoisotopic (exact) mass is 409 g/mol. The third-order valence-corrected chi connectivity index (χ3v) is 5.01. The molecule has 1 fully saturated rings. The van der Waals surface area contributed by atoms with E-state index in [9.17, 15) is 9.59 Å². The van der Waals surface area contributed by atoms with E-state index in [-0.39, 0.29) is 11.9 Å². The summed E-state index contributed by atoms with van der Waals surface area (Å²) in [7, 11) is 3.00. The lowest BCUT2D eigenvalue weighted by atomic mass is 10.1. The number of methoxy groups -OCH3 is 2. The fourth-order valence-corrected chi connectivity index (χ4v) is 3.50. The molecule has 154 valence electrons. The lowest BCUT2D eigenvalue weighted by Crippen LogP contribution is -2.41. The average molecular weight is 410 g/mol. The highest BCUT2D eigenvalue weighted by Gasteiger charge is 2.21. The van der Waals surface area contributed by atoms with Gasteiger partial charge in [0.2, 0.25) is 0 Å². The van der Waals surface area contributed by atoms with Crippen molar-refractivity contribution in [3.63, 3.8) is 0 Å². The second-order valence-corrected chi connectivity index (χ2v) is 7.25. The summed E-state index contributed by atoms with van der Waals surface area (Å²) in [6, 6.07) is 3.51. The Morgan fingerprint density at radius 2 is 1.82 bits per heavy atom. The molecule has 1 aromatic carbocycles. The van der Waals surface area contributed by atoms with Gasteiger partial charge in [0.25, 0.3) is 5.91 Å². The first-order valence-corrected chi connectivity index (χ1v) is 9.93. The van der Waals surface area contributed by atoms with Gasteiger partial charge in [0.05, 0.1) is 19.2 Å². The summed E-state index contributed by atoms with van der Waals surface area (Å²) < 4.78 is 15.6. The third kappa shape index (κ3) is 6.44. The minimum absolute atomic E-state index is 0.167. The molecule has 1 atom stereocenters. The van der Waals surface area contributed by atoms with Gasteiger partial charge in [-0.25, -0.2) is 4.79 Å². The van der Waals surface area contributed by atoms with Crippen LogP contribution in [0.2, 0.25) is 5.02 Å². The lowest BCUT2D eigenvalue weighted by molar-refractivity contribution is -0.150. The van der Waals surface area contributed by atoms with Crippen LogP contribution in [-0.4, -0.2) is 38.2 Å². The molecule has 1 aliphatic rings. The highest BCUT2D eigenvalue weighted by atomic mass is 35.5. The number of carbonyl (C=O) groups is 2. The van der Waals surface area contributed by atoms with E-state index in [2.05, 4.69) is 5.32 Å². The number of hydrogen-bond acceptors (Lipinski definition) is 5. The van der Waals surface area contributed by atoms with Gasteiger partial charge in [-0.1, -0.05) is 37.3 Å². The molecule has 28 heavy (non-hydrogen) atoms. The molecule has 0 heterocycles. The van der Waals surface area contributed by atoms with Crippen molar-refractivity contribution >= 4 is 29.6 Å². The van der Waals surface area contributed by atoms with Gasteiger partial charge in [-0.3, -0.25) is 4.79 Å². The van der Waals surface area contributed by atoms with Crippen molar-refractivity contribution in [2.24, 2.45) is 0 Å². The first kappa shape index (κ1) is 22.1. The van der Waals surface area contributed by atoms with E-state index in [0.29, 0.717) is 22.1 Å². The lowest BCUT2D eigenvalue weighted by Gasteiger charge is -2.19. The van der Waals surface area contributed by atoms with Gasteiger partial charge in [-0.05, 0) is 43.5 Å². The number of benzene rings is 1. The molecule has 2 rings (SSSR count). The SMILES string of the molecule is COc1cc(/C=C/C(=O)O[C@@H](C)C(=O)NC2CCCCCC2)cc(Cl)c1OC. The summed E-state index contributed by atoms with van der Waals surface area (Å²) in [4.78, 5) is 24.3. The van der Waals surface area contributed by atoms with Gasteiger partial charge in [0.15, 0.2) is 17.6 Å². The van der Waals surface area contributed by atoms with E-state index in [4.69, 9.17) is 25.8 Å². The Bertz CT molecular complexity index is 711. The van der Waals surface area contributed by atoms with Crippen molar-refractivity contribution in [1.29, 1.82) is 0 Å². The number of amides is 1. The second kappa shape index (κ2) is 11.0. The summed E-state index contributed by atoms with van der Waals surface area (Å²) in [5, 5.41) is 3.35. The Morgan fingerprint density at radius 1 is 1.14 bits per heavy atom. The summed E-state index contributed by atoms with van der Waals surface area (Å²) in [6.07, 6.45) is 8.57. The molecule has 1 N–H and O–H groups in total. The Morgan fingerprint density at radius 3 is 2.43 bits per heavy atom. The largest absolute Gasteiger partial charge is 0.493 e. The fraction of sp³-hybridized carbons (Fsp3) is 0.524. The maximum Gasteiger partial charge on any atom is 0.331 e. The van der Waals surface area contributed by atoms with Gasteiger partial charge < -0.3 is 19.5 Å². The van der Waals surface area contributed by atoms with Crippen molar-refractivity contribution in [2.75, 3.05) is 14.2 Å². The van der Waals surface area contributed by atoms with Crippen LogP contribution in [0.1, 0.15) is 51.0 Å². The highest BCUT2D eigenvalue weighted by Crippen LogP contribution is 2.36. The maximum absolute atomic E-state index is 12.3. The number of carbonyl (C=O) groups excluding carboxylic acids is 2. The Kier molecular flexibility index (Phi) is 8.64. The summed E-state index contributed by atoms with van der Waals surface area (Å²) in [5.74, 6) is 0.0177. The van der Waals surface area contributed by atoms with Crippen LogP contribution >= 0.6 is 11.6 Å². The molecule has 0 aromatic heterocycles. The standard InChI is InChI=1S/C21H28ClNO5/c1-14(21(25)23-16-8-6-4-5-7-9-16)28-19(24)11-10-15-12-17(22)20(27-3)18(13-15)26-2/h10-14,16H,4-9H2,1-3H3,(H,23,25)/b11-10+/t14-/m0/s1. The van der Waals surface area contributed by atoms with Crippen molar-refractivity contribution in [3.8, 4) is 11.5 Å². The summed E-state index contributed by atoms with van der Waals surface area (Å²) in [6.45, 7) is 1.57. The molecule has 0 spiro atoms. The summed E-state index contributed by atoms with van der Waals surface area (Å²) >= 11 is 6.15. The molecular weight excluding hydrogens is 382 g/mol. The first-order valence-electron chi connectivity index (χ1n) is 9.55. The first-order chi connectivity index (χ1) is 13.4. The van der Waals surface area contributed by atoms with Crippen LogP contribution in [0.4, 0.5) is 0 Å². The second-order valence-electron chi connectivity index (χ2n) is 6.85. The molecule has 1 amide bonds. The Hall–Kier alpha value is -2.21. The van der Waals surface area contributed by atoms with E-state index >= 15 is 0 Å². The molecular formula is C21H28ClNO5. The molecule has 1 saturated carbocycles. The van der Waals surface area contributed by atoms with Gasteiger partial charge in [-0.15, -0.1) is 0 Å². The van der Waals surface area contributed by atoms with Gasteiger partial charge in [0.1, 0.15) is 0 Å². The van der Waals surface area contributed by atoms with Gasteiger partial charge in [0, 0.05) is 12.1 Å². The maximum atomic E-state index is 12.3. The molecule has 0 unspecified atom stereocenters. The normalized spacial score (nSPS) is 16.3. The average Bonchev–Trinajstić information content (AvgIpc) is 2.94. The van der Waals surface area contributed by atoms with E-state index in [0.717, 1.165) is 25.7 Å². The van der Waals surface area contributed by atoms with E-state index in [1.807, 2.05) is 0 Å². The smallest absolute Gasteiger partial charge is 0.331 e. The molecule has 0 aliphatic heterocycles. The van der Waals surface area contributed by atoms with Crippen LogP contribution in [0.25, 0.3) is 6.08 Å². The molecule has 1 aliphatic carbocycles. The fourth-order valence-electron chi connectivity index (χ4n) is 3.21. The van der Waals surface area contributed by atoms with Crippen molar-refractivity contribution < 1.29 is 23.8 Å². The highest BCUT2D eigenvalue weighted by molar-refractivity contribution is 6.32. The van der Waals surface area contributed by atoms with Crippen LogP contribution in [0.15, 0.2) is 18.2 Å². The number of nitrogens with one attached hydrogen (secondary N) is 1. The molecule has 7 heteroatoms. The van der Waals surface area contributed by atoms with Crippen LogP contribution < -0.4 is 14.8 Å². The number of rotatable bonds is 7. The zero-order valence-electron chi connectivity index (χ0n) is 16.6. The van der Waals surface area contributed by atoms with Crippen LogP contribution in [-0.2, 0) is 14.3 Å². The number of halogens is 1. The third-order valence-electron chi connectivity index (χ3n) is 4.73. The van der Waals surface area contributed by atoms with Crippen molar-refractivity contribution in [1.82, 2.24) is 5.32 Å². The van der Waals surface area contributed by atoms with Crippen molar-refractivity contribution in [2.45, 2.75) is 57.6 Å². The number of esters is 1. The molecule has 0 radical (unpaired) electrons. The molecule has 1 aromatic rings. The zero-order chi connectivity index (χ0) is 20.5. The van der Waals surface area contributed by atoms with E-state index < -0.39 is 12.1 Å². The Balaban J connectivity index is 1.91. The van der Waals surface area contributed by atoms with Gasteiger partial charge in [-0.2, -0.15) is 0 Å². The minimum Gasteiger partial charge on any atom is -0.493 e. The minimum atomic E-state index is -0.852. The zero-order valence-corrected chi connectivity index (χ0v) is 17.4. The van der Waals surface area contributed by atoms with E-state index in [1.54, 1.807) is 25.1 Å². The van der Waals surface area contributed by atoms with Crippen molar-refractivity contribution in [3.05, 3.63) is 28.8 Å².